The normalized spacial score (nSPS) is 13.0. The summed E-state index contributed by atoms with van der Waals surface area (Å²) in [6.45, 7) is 0. The molecule has 0 heterocycles. The largest absolute Gasteiger partial charge is 0.507 e. The van der Waals surface area contributed by atoms with Gasteiger partial charge >= 0.3 is 24.7 Å². The Balaban J connectivity index is 1.81. The van der Waals surface area contributed by atoms with Crippen molar-refractivity contribution in [2.45, 2.75) is 24.7 Å². The van der Waals surface area contributed by atoms with Crippen LogP contribution in [-0.4, -0.2) is 10.2 Å². The molecule has 6 rings (SSSR count). The SMILES string of the molecule is Oc1ccc2ccccc2c1-c1c(O)c(P(c2cc(C(F)(F)F)cc(C(F)(F)F)c2)c2cc(C(F)(F)F)cc(C(F)(F)F)c2)cc2ccccc12. The van der Waals surface area contributed by atoms with Crippen molar-refractivity contribution in [3.8, 4) is 22.6 Å². The molecule has 0 fully saturated rings. The molecule has 15 heteroatoms. The highest BCUT2D eigenvalue weighted by atomic mass is 31.1. The first-order valence-electron chi connectivity index (χ1n) is 14.5. The van der Waals surface area contributed by atoms with Gasteiger partial charge in [0.15, 0.2) is 0 Å². The lowest BCUT2D eigenvalue weighted by Crippen LogP contribution is -2.26. The highest BCUT2D eigenvalue weighted by Gasteiger charge is 2.41. The zero-order valence-corrected chi connectivity index (χ0v) is 26.1. The average Bonchev–Trinajstić information content (AvgIpc) is 3.04. The molecular weight excluding hydrogens is 723 g/mol. The Morgan fingerprint density at radius 2 is 0.804 bits per heavy atom. The van der Waals surface area contributed by atoms with Gasteiger partial charge in [0.05, 0.1) is 22.3 Å². The van der Waals surface area contributed by atoms with E-state index in [0.717, 1.165) is 6.07 Å². The topological polar surface area (TPSA) is 40.5 Å². The van der Waals surface area contributed by atoms with E-state index in [2.05, 4.69) is 0 Å². The Morgan fingerprint density at radius 3 is 1.24 bits per heavy atom. The van der Waals surface area contributed by atoms with Crippen LogP contribution in [0.5, 0.6) is 11.5 Å². The maximum atomic E-state index is 14.1. The number of phenols is 2. The summed E-state index contributed by atoms with van der Waals surface area (Å²) >= 11 is 0. The predicted molar refractivity (Wildman–Crippen MR) is 169 cm³/mol. The summed E-state index contributed by atoms with van der Waals surface area (Å²) in [6, 6.07) is 16.5. The molecule has 0 bridgehead atoms. The van der Waals surface area contributed by atoms with Crippen LogP contribution in [0.25, 0.3) is 32.7 Å². The van der Waals surface area contributed by atoms with Crippen LogP contribution in [-0.2, 0) is 24.7 Å². The highest BCUT2D eigenvalue weighted by molar-refractivity contribution is 7.80. The van der Waals surface area contributed by atoms with Crippen molar-refractivity contribution in [2.75, 3.05) is 0 Å². The molecule has 0 radical (unpaired) electrons. The van der Waals surface area contributed by atoms with Crippen molar-refractivity contribution in [1.29, 1.82) is 0 Å². The van der Waals surface area contributed by atoms with Crippen molar-refractivity contribution in [1.82, 2.24) is 0 Å². The summed E-state index contributed by atoms with van der Waals surface area (Å²) in [7, 11) is -3.28. The number of alkyl halides is 12. The van der Waals surface area contributed by atoms with Crippen LogP contribution in [0.3, 0.4) is 0 Å². The van der Waals surface area contributed by atoms with Crippen LogP contribution in [0.4, 0.5) is 52.7 Å². The first-order chi connectivity index (χ1) is 23.6. The quantitative estimate of drug-likeness (QED) is 0.140. The van der Waals surface area contributed by atoms with E-state index in [4.69, 9.17) is 0 Å². The van der Waals surface area contributed by atoms with Gasteiger partial charge in [-0.2, -0.15) is 52.7 Å². The second-order valence-corrected chi connectivity index (χ2v) is 13.6. The highest BCUT2D eigenvalue weighted by Crippen LogP contribution is 2.50. The Labute approximate surface area is 281 Å². The van der Waals surface area contributed by atoms with Crippen molar-refractivity contribution in [3.63, 3.8) is 0 Å². The minimum atomic E-state index is -5.44. The molecule has 2 nitrogen and oxygen atoms in total. The fourth-order valence-electron chi connectivity index (χ4n) is 5.83. The number of hydrogen-bond acceptors (Lipinski definition) is 2. The van der Waals surface area contributed by atoms with Gasteiger partial charge in [-0.25, -0.2) is 0 Å². The Hall–Kier alpha value is -4.97. The third-order valence-corrected chi connectivity index (χ3v) is 10.4. The van der Waals surface area contributed by atoms with Crippen LogP contribution in [0, 0.1) is 0 Å². The Morgan fingerprint density at radius 1 is 0.412 bits per heavy atom. The summed E-state index contributed by atoms with van der Waals surface area (Å²) in [5.74, 6) is -1.34. The van der Waals surface area contributed by atoms with E-state index in [1.807, 2.05) is 0 Å². The molecule has 0 atom stereocenters. The van der Waals surface area contributed by atoms with E-state index in [1.54, 1.807) is 24.3 Å². The number of fused-ring (bicyclic) bond motifs is 2. The van der Waals surface area contributed by atoms with Gasteiger partial charge in [-0.3, -0.25) is 0 Å². The zero-order valence-electron chi connectivity index (χ0n) is 25.2. The van der Waals surface area contributed by atoms with E-state index in [-0.39, 0.29) is 58.3 Å². The molecule has 2 N–H and O–H groups in total. The summed E-state index contributed by atoms with van der Waals surface area (Å²) in [5.41, 5.74) is -7.79. The maximum absolute atomic E-state index is 14.1. The van der Waals surface area contributed by atoms with Gasteiger partial charge in [0, 0.05) is 16.4 Å². The molecule has 0 aliphatic carbocycles. The molecule has 264 valence electrons. The average molecular weight is 742 g/mol. The van der Waals surface area contributed by atoms with Gasteiger partial charge in [-0.05, 0) is 88.6 Å². The molecule has 51 heavy (non-hydrogen) atoms. The van der Waals surface area contributed by atoms with Crippen LogP contribution >= 0.6 is 7.92 Å². The van der Waals surface area contributed by atoms with Crippen molar-refractivity contribution in [3.05, 3.63) is 125 Å². The van der Waals surface area contributed by atoms with E-state index in [0.29, 0.717) is 10.8 Å². The van der Waals surface area contributed by atoms with Crippen molar-refractivity contribution in [2.24, 2.45) is 0 Å². The van der Waals surface area contributed by atoms with E-state index >= 15 is 0 Å². The molecule has 6 aromatic rings. The molecule has 0 saturated carbocycles. The third kappa shape index (κ3) is 6.89. The molecule has 0 amide bonds. The molecular formula is C36H19F12O2P. The number of aromatic hydroxyl groups is 2. The van der Waals surface area contributed by atoms with Gasteiger partial charge in [0.1, 0.15) is 11.5 Å². The number of rotatable bonds is 4. The number of phenolic OH excluding ortho intramolecular Hbond substituents is 2. The second kappa shape index (κ2) is 12.4. The van der Waals surface area contributed by atoms with Gasteiger partial charge < -0.3 is 10.2 Å². The lowest BCUT2D eigenvalue weighted by Gasteiger charge is -2.26. The van der Waals surface area contributed by atoms with Crippen molar-refractivity contribution < 1.29 is 62.9 Å². The smallest absolute Gasteiger partial charge is 0.416 e. The van der Waals surface area contributed by atoms with Crippen LogP contribution in [0.1, 0.15) is 22.3 Å². The van der Waals surface area contributed by atoms with Gasteiger partial charge in [0.2, 0.25) is 0 Å². The minimum absolute atomic E-state index is 0.0568. The van der Waals surface area contributed by atoms with Gasteiger partial charge in [-0.15, -0.1) is 0 Å². The van der Waals surface area contributed by atoms with Gasteiger partial charge in [0.25, 0.3) is 0 Å². The van der Waals surface area contributed by atoms with Crippen molar-refractivity contribution >= 4 is 45.4 Å². The molecule has 6 aromatic carbocycles. The standard InChI is InChI=1S/C36H19F12O2P/c37-33(38,39)20-12-21(34(40,41)42)15-24(14-20)51(25-16-22(35(43,44)45)13-23(17-25)36(46,47)48)29-11-19-6-2-4-8-27(19)31(32(29)50)30-26-7-3-1-5-18(26)9-10-28(30)49/h1-17,49-50H. The van der Waals surface area contributed by atoms with E-state index in [1.165, 1.54) is 36.4 Å². The molecule has 0 aliphatic rings. The number of halogens is 12. The fourth-order valence-corrected chi connectivity index (χ4v) is 8.35. The summed E-state index contributed by atoms with van der Waals surface area (Å²) < 4.78 is 169. The predicted octanol–water partition coefficient (Wildman–Crippen LogP) is 10.9. The first kappa shape index (κ1) is 35.8. The van der Waals surface area contributed by atoms with Gasteiger partial charge in [-0.1, -0.05) is 54.6 Å². The number of benzene rings is 6. The van der Waals surface area contributed by atoms with Crippen LogP contribution in [0.2, 0.25) is 0 Å². The molecule has 0 unspecified atom stereocenters. The first-order valence-corrected chi connectivity index (χ1v) is 15.8. The summed E-state index contributed by atoms with van der Waals surface area (Å²) in [6.07, 6.45) is -21.7. The van der Waals surface area contributed by atoms with Crippen LogP contribution < -0.4 is 15.9 Å². The summed E-state index contributed by atoms with van der Waals surface area (Å²) in [4.78, 5) is 0. The number of hydrogen-bond donors (Lipinski definition) is 2. The lowest BCUT2D eigenvalue weighted by atomic mass is 9.92. The van der Waals surface area contributed by atoms with E-state index in [9.17, 15) is 62.9 Å². The molecule has 0 aliphatic heterocycles. The fraction of sp³-hybridized carbons (Fsp3) is 0.111. The molecule has 0 aromatic heterocycles. The maximum Gasteiger partial charge on any atom is 0.416 e. The molecule has 0 spiro atoms. The monoisotopic (exact) mass is 742 g/mol. The zero-order chi connectivity index (χ0) is 37.3. The molecule has 0 saturated heterocycles. The summed E-state index contributed by atoms with van der Waals surface area (Å²) in [5, 5.41) is 21.8. The van der Waals surface area contributed by atoms with E-state index < -0.39 is 82.3 Å². The van der Waals surface area contributed by atoms with Crippen LogP contribution in [0.15, 0.2) is 103 Å². The second-order valence-electron chi connectivity index (χ2n) is 11.4. The Bertz CT molecular complexity index is 2160. The lowest BCUT2D eigenvalue weighted by molar-refractivity contribution is -0.144. The minimum Gasteiger partial charge on any atom is -0.507 e. The Kier molecular flexibility index (Phi) is 8.69. The third-order valence-electron chi connectivity index (χ3n) is 8.06.